The zero-order chi connectivity index (χ0) is 9.15. The Morgan fingerprint density at radius 1 is 1.33 bits per heavy atom. The van der Waals surface area contributed by atoms with Crippen LogP contribution in [0.4, 0.5) is 0 Å². The van der Waals surface area contributed by atoms with E-state index in [1.807, 2.05) is 0 Å². The maximum atomic E-state index is 6.39. The van der Waals surface area contributed by atoms with E-state index in [4.69, 9.17) is 11.5 Å². The molecule has 2 heteroatoms. The van der Waals surface area contributed by atoms with Crippen molar-refractivity contribution in [3.05, 3.63) is 0 Å². The van der Waals surface area contributed by atoms with Crippen molar-refractivity contribution in [2.24, 2.45) is 28.7 Å². The van der Waals surface area contributed by atoms with Crippen LogP contribution in [0.1, 0.15) is 33.6 Å². The summed E-state index contributed by atoms with van der Waals surface area (Å²) >= 11 is 0. The molecule has 70 valence electrons. The van der Waals surface area contributed by atoms with E-state index in [9.17, 15) is 0 Å². The Hall–Kier alpha value is -0.0800. The summed E-state index contributed by atoms with van der Waals surface area (Å²) in [5, 5.41) is 0. The van der Waals surface area contributed by atoms with Crippen molar-refractivity contribution in [1.29, 1.82) is 0 Å². The molecule has 0 amide bonds. The molecule has 2 rings (SSSR count). The smallest absolute Gasteiger partial charge is 0.0365 e. The topological polar surface area (TPSA) is 52.0 Å². The van der Waals surface area contributed by atoms with Crippen LogP contribution in [0.5, 0.6) is 0 Å². The fourth-order valence-electron chi connectivity index (χ4n) is 3.41. The Morgan fingerprint density at radius 3 is 2.17 bits per heavy atom. The second-order valence-electron chi connectivity index (χ2n) is 5.28. The Morgan fingerprint density at radius 2 is 1.92 bits per heavy atom. The van der Waals surface area contributed by atoms with Gasteiger partial charge in [-0.3, -0.25) is 0 Å². The first kappa shape index (κ1) is 8.52. The van der Waals surface area contributed by atoms with Crippen molar-refractivity contribution >= 4 is 0 Å². The first-order valence-electron chi connectivity index (χ1n) is 4.96. The van der Waals surface area contributed by atoms with Crippen LogP contribution < -0.4 is 11.5 Å². The predicted molar refractivity (Wildman–Crippen MR) is 50.6 cm³/mol. The highest BCUT2D eigenvalue weighted by Gasteiger charge is 2.63. The van der Waals surface area contributed by atoms with Crippen molar-refractivity contribution in [3.8, 4) is 0 Å². The quantitative estimate of drug-likeness (QED) is 0.569. The summed E-state index contributed by atoms with van der Waals surface area (Å²) in [5.74, 6) is 1.36. The van der Waals surface area contributed by atoms with Gasteiger partial charge in [0.25, 0.3) is 0 Å². The van der Waals surface area contributed by atoms with Gasteiger partial charge in [-0.05, 0) is 30.1 Å². The van der Waals surface area contributed by atoms with E-state index in [0.29, 0.717) is 11.8 Å². The largest absolute Gasteiger partial charge is 0.326 e. The first-order valence-corrected chi connectivity index (χ1v) is 4.96. The van der Waals surface area contributed by atoms with Crippen molar-refractivity contribution < 1.29 is 0 Å². The summed E-state index contributed by atoms with van der Waals surface area (Å²) in [6.45, 7) is 6.85. The molecule has 2 nitrogen and oxygen atoms in total. The molecule has 0 aromatic rings. The lowest BCUT2D eigenvalue weighted by Gasteiger charge is -2.43. The number of hydrogen-bond donors (Lipinski definition) is 2. The highest BCUT2D eigenvalue weighted by atomic mass is 15.0. The van der Waals surface area contributed by atoms with Gasteiger partial charge in [0.2, 0.25) is 0 Å². The van der Waals surface area contributed by atoms with Gasteiger partial charge >= 0.3 is 0 Å². The lowest BCUT2D eigenvalue weighted by Crippen LogP contribution is -2.58. The fraction of sp³-hybridized carbons (Fsp3) is 1.00. The summed E-state index contributed by atoms with van der Waals surface area (Å²) in [6, 6.07) is 0.238. The maximum Gasteiger partial charge on any atom is 0.0365 e. The fourth-order valence-corrected chi connectivity index (χ4v) is 3.41. The lowest BCUT2D eigenvalue weighted by atomic mass is 9.66. The maximum absolute atomic E-state index is 6.39. The van der Waals surface area contributed by atoms with E-state index in [0.717, 1.165) is 6.42 Å². The number of rotatable bonds is 0. The van der Waals surface area contributed by atoms with E-state index >= 15 is 0 Å². The van der Waals surface area contributed by atoms with E-state index in [1.54, 1.807) is 0 Å². The molecule has 0 heterocycles. The van der Waals surface area contributed by atoms with Crippen LogP contribution in [-0.4, -0.2) is 11.6 Å². The second kappa shape index (κ2) is 2.05. The first-order chi connectivity index (χ1) is 5.41. The third-order valence-corrected chi connectivity index (χ3v) is 4.93. The normalized spacial score (nSPS) is 56.2. The van der Waals surface area contributed by atoms with Gasteiger partial charge in [0.05, 0.1) is 0 Å². The van der Waals surface area contributed by atoms with Gasteiger partial charge in [-0.15, -0.1) is 0 Å². The van der Waals surface area contributed by atoms with Gasteiger partial charge in [-0.25, -0.2) is 0 Å². The van der Waals surface area contributed by atoms with Crippen molar-refractivity contribution in [1.82, 2.24) is 0 Å². The van der Waals surface area contributed by atoms with Crippen LogP contribution in [0.15, 0.2) is 0 Å². The minimum atomic E-state index is -0.0862. The zero-order valence-electron chi connectivity index (χ0n) is 8.30. The molecule has 2 aliphatic carbocycles. The Kier molecular flexibility index (Phi) is 1.45. The molecular formula is C10H20N2. The molecule has 4 N–H and O–H groups in total. The SMILES string of the molecule is CC1C2CCC(N)(C2N)C1(C)C. The van der Waals surface area contributed by atoms with Gasteiger partial charge in [0, 0.05) is 11.6 Å². The summed E-state index contributed by atoms with van der Waals surface area (Å²) in [4.78, 5) is 0. The molecule has 0 aromatic heterocycles. The van der Waals surface area contributed by atoms with Gasteiger partial charge in [-0.2, -0.15) is 0 Å². The minimum Gasteiger partial charge on any atom is -0.326 e. The molecule has 0 saturated heterocycles. The highest BCUT2D eigenvalue weighted by molar-refractivity contribution is 5.20. The average molecular weight is 168 g/mol. The molecular weight excluding hydrogens is 148 g/mol. The highest BCUT2D eigenvalue weighted by Crippen LogP contribution is 2.59. The number of fused-ring (bicyclic) bond motifs is 2. The van der Waals surface area contributed by atoms with Gasteiger partial charge in [0.15, 0.2) is 0 Å². The van der Waals surface area contributed by atoms with Gasteiger partial charge in [0.1, 0.15) is 0 Å². The monoisotopic (exact) mass is 168 g/mol. The summed E-state index contributed by atoms with van der Waals surface area (Å²) in [5.41, 5.74) is 12.7. The Labute approximate surface area is 74.7 Å². The van der Waals surface area contributed by atoms with Crippen LogP contribution in [0, 0.1) is 17.3 Å². The van der Waals surface area contributed by atoms with Gasteiger partial charge < -0.3 is 11.5 Å². The molecule has 4 unspecified atom stereocenters. The molecule has 2 aliphatic rings. The lowest BCUT2D eigenvalue weighted by molar-refractivity contribution is 0.109. The Bertz CT molecular complexity index is 208. The third kappa shape index (κ3) is 0.647. The van der Waals surface area contributed by atoms with Gasteiger partial charge in [-0.1, -0.05) is 20.8 Å². The summed E-state index contributed by atoms with van der Waals surface area (Å²) in [6.07, 6.45) is 2.36. The molecule has 0 aromatic carbocycles. The molecule has 2 saturated carbocycles. The standard InChI is InChI=1S/C10H20N2/c1-6-7-4-5-10(12,8(7)11)9(6,2)3/h6-8H,4-5,11-12H2,1-3H3. The van der Waals surface area contributed by atoms with Crippen LogP contribution in [-0.2, 0) is 0 Å². The average Bonchev–Trinajstić information content (AvgIpc) is 2.33. The van der Waals surface area contributed by atoms with Crippen molar-refractivity contribution in [3.63, 3.8) is 0 Å². The summed E-state index contributed by atoms with van der Waals surface area (Å²) in [7, 11) is 0. The Balaban J connectivity index is 2.43. The molecule has 0 aliphatic heterocycles. The molecule has 2 fully saturated rings. The van der Waals surface area contributed by atoms with Crippen LogP contribution in [0.3, 0.4) is 0 Å². The number of hydrogen-bond acceptors (Lipinski definition) is 2. The molecule has 0 radical (unpaired) electrons. The minimum absolute atomic E-state index is 0.0862. The van der Waals surface area contributed by atoms with Crippen LogP contribution in [0.2, 0.25) is 0 Å². The molecule has 12 heavy (non-hydrogen) atoms. The van der Waals surface area contributed by atoms with E-state index < -0.39 is 0 Å². The van der Waals surface area contributed by atoms with Crippen molar-refractivity contribution in [2.75, 3.05) is 0 Å². The van der Waals surface area contributed by atoms with Crippen molar-refractivity contribution in [2.45, 2.75) is 45.2 Å². The zero-order valence-corrected chi connectivity index (χ0v) is 8.30. The molecule has 0 spiro atoms. The van der Waals surface area contributed by atoms with Crippen LogP contribution >= 0.6 is 0 Å². The van der Waals surface area contributed by atoms with E-state index in [1.165, 1.54) is 6.42 Å². The molecule has 4 atom stereocenters. The van der Waals surface area contributed by atoms with E-state index in [2.05, 4.69) is 20.8 Å². The second-order valence-corrected chi connectivity index (χ2v) is 5.28. The third-order valence-electron chi connectivity index (χ3n) is 4.93. The summed E-state index contributed by atoms with van der Waals surface area (Å²) < 4.78 is 0. The molecule has 2 bridgehead atoms. The van der Waals surface area contributed by atoms with E-state index in [-0.39, 0.29) is 17.0 Å². The number of nitrogens with two attached hydrogens (primary N) is 2. The predicted octanol–water partition coefficient (Wildman–Crippen LogP) is 1.10. The van der Waals surface area contributed by atoms with Crippen LogP contribution in [0.25, 0.3) is 0 Å².